The third-order valence-corrected chi connectivity index (χ3v) is 1.98. The van der Waals surface area contributed by atoms with Crippen molar-refractivity contribution in [2.24, 2.45) is 0 Å². The van der Waals surface area contributed by atoms with E-state index in [9.17, 15) is 4.79 Å². The van der Waals surface area contributed by atoms with E-state index >= 15 is 0 Å². The molecular formula is C9H10N4O2. The number of carboxylic acid groups (broad SMARTS) is 1. The summed E-state index contributed by atoms with van der Waals surface area (Å²) in [5.41, 5.74) is 0.0786. The molecule has 0 spiro atoms. The van der Waals surface area contributed by atoms with E-state index in [-0.39, 0.29) is 5.69 Å². The van der Waals surface area contributed by atoms with Crippen molar-refractivity contribution in [3.63, 3.8) is 0 Å². The number of carboxylic acids is 1. The average molecular weight is 206 g/mol. The number of aromatic nitrogens is 4. The van der Waals surface area contributed by atoms with Gasteiger partial charge < -0.3 is 5.11 Å². The molecule has 2 heterocycles. The van der Waals surface area contributed by atoms with Gasteiger partial charge in [0.05, 0.1) is 0 Å². The van der Waals surface area contributed by atoms with E-state index in [2.05, 4.69) is 15.1 Å². The molecule has 2 aromatic heterocycles. The van der Waals surface area contributed by atoms with Gasteiger partial charge in [0.2, 0.25) is 0 Å². The maximum atomic E-state index is 10.9. The van der Waals surface area contributed by atoms with E-state index in [1.807, 2.05) is 6.92 Å². The summed E-state index contributed by atoms with van der Waals surface area (Å²) in [7, 11) is 0. The SMILES string of the molecule is CCCc1nc2nccc(C(=O)O)n2n1. The lowest BCUT2D eigenvalue weighted by molar-refractivity contribution is 0.0687. The quantitative estimate of drug-likeness (QED) is 0.802. The molecule has 0 bridgehead atoms. The minimum absolute atomic E-state index is 0.0786. The lowest BCUT2D eigenvalue weighted by Gasteiger charge is -1.95. The maximum Gasteiger partial charge on any atom is 0.354 e. The van der Waals surface area contributed by atoms with Crippen LogP contribution in [0.15, 0.2) is 12.3 Å². The van der Waals surface area contributed by atoms with Crippen LogP contribution in [-0.4, -0.2) is 30.7 Å². The van der Waals surface area contributed by atoms with Gasteiger partial charge in [-0.05, 0) is 12.5 Å². The van der Waals surface area contributed by atoms with Gasteiger partial charge in [0.1, 0.15) is 0 Å². The standard InChI is InChI=1S/C9H10N4O2/c1-2-3-7-11-9-10-5-4-6(8(14)15)13(9)12-7/h4-5H,2-3H2,1H3,(H,14,15). The molecule has 0 saturated carbocycles. The highest BCUT2D eigenvalue weighted by Crippen LogP contribution is 2.04. The lowest BCUT2D eigenvalue weighted by Crippen LogP contribution is -2.06. The highest BCUT2D eigenvalue weighted by Gasteiger charge is 2.12. The van der Waals surface area contributed by atoms with Crippen molar-refractivity contribution in [1.82, 2.24) is 19.6 Å². The van der Waals surface area contributed by atoms with Crippen molar-refractivity contribution in [2.45, 2.75) is 19.8 Å². The van der Waals surface area contributed by atoms with Crippen LogP contribution in [0, 0.1) is 0 Å². The van der Waals surface area contributed by atoms with E-state index in [1.165, 1.54) is 16.8 Å². The average Bonchev–Trinajstić information content (AvgIpc) is 2.59. The fraction of sp³-hybridized carbons (Fsp3) is 0.333. The Balaban J connectivity index is 2.59. The zero-order valence-corrected chi connectivity index (χ0v) is 8.21. The molecule has 0 aliphatic heterocycles. The first-order chi connectivity index (χ1) is 7.22. The van der Waals surface area contributed by atoms with E-state index in [0.717, 1.165) is 12.8 Å². The molecule has 0 aliphatic rings. The Labute approximate surface area is 85.6 Å². The second-order valence-electron chi connectivity index (χ2n) is 3.13. The number of carbonyl (C=O) groups is 1. The summed E-state index contributed by atoms with van der Waals surface area (Å²) in [5, 5.41) is 13.0. The molecule has 1 N–H and O–H groups in total. The smallest absolute Gasteiger partial charge is 0.354 e. The molecule has 2 rings (SSSR count). The second-order valence-corrected chi connectivity index (χ2v) is 3.13. The van der Waals surface area contributed by atoms with Crippen LogP contribution in [0.2, 0.25) is 0 Å². The fourth-order valence-corrected chi connectivity index (χ4v) is 1.33. The van der Waals surface area contributed by atoms with Crippen LogP contribution >= 0.6 is 0 Å². The predicted octanol–water partition coefficient (Wildman–Crippen LogP) is 0.775. The van der Waals surface area contributed by atoms with Gasteiger partial charge in [-0.25, -0.2) is 9.78 Å². The molecule has 2 aromatic rings. The monoisotopic (exact) mass is 206 g/mol. The van der Waals surface area contributed by atoms with Gasteiger partial charge in [0, 0.05) is 12.6 Å². The van der Waals surface area contributed by atoms with Gasteiger partial charge in [0.25, 0.3) is 5.78 Å². The molecular weight excluding hydrogens is 196 g/mol. The van der Waals surface area contributed by atoms with Gasteiger partial charge in [-0.3, -0.25) is 0 Å². The van der Waals surface area contributed by atoms with E-state index in [1.54, 1.807) is 0 Å². The van der Waals surface area contributed by atoms with Crippen LogP contribution in [0.5, 0.6) is 0 Å². The molecule has 0 unspecified atom stereocenters. The Hall–Kier alpha value is -1.98. The predicted molar refractivity (Wildman–Crippen MR) is 51.7 cm³/mol. The number of fused-ring (bicyclic) bond motifs is 1. The van der Waals surface area contributed by atoms with Crippen LogP contribution in [0.3, 0.4) is 0 Å². The third-order valence-electron chi connectivity index (χ3n) is 1.98. The fourth-order valence-electron chi connectivity index (χ4n) is 1.33. The van der Waals surface area contributed by atoms with Crippen molar-refractivity contribution < 1.29 is 9.90 Å². The van der Waals surface area contributed by atoms with Crippen LogP contribution in [-0.2, 0) is 6.42 Å². The number of aryl methyl sites for hydroxylation is 1. The summed E-state index contributed by atoms with van der Waals surface area (Å²) in [6.45, 7) is 2.01. The number of aromatic carboxylic acids is 1. The number of rotatable bonds is 3. The van der Waals surface area contributed by atoms with Gasteiger partial charge in [0.15, 0.2) is 11.5 Å². The van der Waals surface area contributed by atoms with E-state index in [4.69, 9.17) is 5.11 Å². The lowest BCUT2D eigenvalue weighted by atomic mass is 10.3. The molecule has 0 aliphatic carbocycles. The van der Waals surface area contributed by atoms with Crippen molar-refractivity contribution in [3.8, 4) is 0 Å². The van der Waals surface area contributed by atoms with Crippen molar-refractivity contribution >= 4 is 11.7 Å². The minimum Gasteiger partial charge on any atom is -0.477 e. The van der Waals surface area contributed by atoms with Gasteiger partial charge in [-0.1, -0.05) is 6.92 Å². The summed E-state index contributed by atoms with van der Waals surface area (Å²) in [6.07, 6.45) is 3.06. The molecule has 6 nitrogen and oxygen atoms in total. The summed E-state index contributed by atoms with van der Waals surface area (Å²) < 4.78 is 1.26. The first-order valence-electron chi connectivity index (χ1n) is 4.66. The molecule has 0 atom stereocenters. The first-order valence-corrected chi connectivity index (χ1v) is 4.66. The highest BCUT2D eigenvalue weighted by molar-refractivity contribution is 5.85. The van der Waals surface area contributed by atoms with Crippen LogP contribution < -0.4 is 0 Å². The zero-order valence-electron chi connectivity index (χ0n) is 8.21. The molecule has 0 aromatic carbocycles. The first kappa shape index (κ1) is 9.57. The third kappa shape index (κ3) is 1.65. The maximum absolute atomic E-state index is 10.9. The summed E-state index contributed by atoms with van der Waals surface area (Å²) in [5.74, 6) is -0.0765. The van der Waals surface area contributed by atoms with Gasteiger partial charge in [-0.2, -0.15) is 9.50 Å². The van der Waals surface area contributed by atoms with E-state index in [0.29, 0.717) is 11.6 Å². The summed E-state index contributed by atoms with van der Waals surface area (Å²) >= 11 is 0. The van der Waals surface area contributed by atoms with Crippen molar-refractivity contribution in [1.29, 1.82) is 0 Å². The molecule has 0 fully saturated rings. The molecule has 78 valence electrons. The van der Waals surface area contributed by atoms with Crippen molar-refractivity contribution in [3.05, 3.63) is 23.8 Å². The molecule has 6 heteroatoms. The molecule has 15 heavy (non-hydrogen) atoms. The minimum atomic E-state index is -1.03. The largest absolute Gasteiger partial charge is 0.477 e. The van der Waals surface area contributed by atoms with Gasteiger partial charge >= 0.3 is 5.97 Å². The molecule has 0 saturated heterocycles. The van der Waals surface area contributed by atoms with Crippen LogP contribution in [0.1, 0.15) is 29.7 Å². The van der Waals surface area contributed by atoms with Gasteiger partial charge in [-0.15, -0.1) is 5.10 Å². The Morgan fingerprint density at radius 2 is 2.40 bits per heavy atom. The number of nitrogens with zero attached hydrogens (tertiary/aromatic N) is 4. The molecule has 0 radical (unpaired) electrons. The highest BCUT2D eigenvalue weighted by atomic mass is 16.4. The number of hydrogen-bond acceptors (Lipinski definition) is 4. The summed E-state index contributed by atoms with van der Waals surface area (Å²) in [4.78, 5) is 18.9. The van der Waals surface area contributed by atoms with Crippen LogP contribution in [0.4, 0.5) is 0 Å². The second kappa shape index (κ2) is 3.64. The normalized spacial score (nSPS) is 10.7. The van der Waals surface area contributed by atoms with Crippen LogP contribution in [0.25, 0.3) is 5.78 Å². The topological polar surface area (TPSA) is 80.4 Å². The van der Waals surface area contributed by atoms with E-state index < -0.39 is 5.97 Å². The number of hydrogen-bond donors (Lipinski definition) is 1. The Bertz CT molecular complexity index is 506. The Morgan fingerprint density at radius 1 is 1.60 bits per heavy atom. The Kier molecular flexibility index (Phi) is 2.32. The molecule has 0 amide bonds. The zero-order chi connectivity index (χ0) is 10.8. The Morgan fingerprint density at radius 3 is 3.07 bits per heavy atom. The summed E-state index contributed by atoms with van der Waals surface area (Å²) in [6, 6.07) is 1.40. The van der Waals surface area contributed by atoms with Crippen molar-refractivity contribution in [2.75, 3.05) is 0 Å².